The molecule has 2 aromatic carbocycles. The molecule has 1 amide bonds. The first-order valence-electron chi connectivity index (χ1n) is 14.3. The van der Waals surface area contributed by atoms with E-state index in [0.717, 1.165) is 27.8 Å². The number of hydrogen-bond acceptors (Lipinski definition) is 9. The van der Waals surface area contributed by atoms with Gasteiger partial charge in [-0.25, -0.2) is 0 Å². The molecule has 0 aromatic heterocycles. The number of aromatic hydroxyl groups is 2. The number of methoxy groups -OCH3 is 1. The molecular formula is C31H38N4O6. The van der Waals surface area contributed by atoms with Crippen LogP contribution in [0.5, 0.6) is 28.7 Å². The van der Waals surface area contributed by atoms with Crippen molar-refractivity contribution in [2.24, 2.45) is 5.92 Å². The molecule has 10 heteroatoms. The fourth-order valence-corrected chi connectivity index (χ4v) is 7.70. The van der Waals surface area contributed by atoms with Crippen molar-refractivity contribution in [1.82, 2.24) is 15.1 Å². The number of carbonyl (C=O) groups excluding carboxylic acids is 1. The molecule has 0 radical (unpaired) electrons. The molecular weight excluding hydrogens is 524 g/mol. The van der Waals surface area contributed by atoms with E-state index in [2.05, 4.69) is 27.3 Å². The van der Waals surface area contributed by atoms with E-state index in [1.165, 1.54) is 0 Å². The number of likely N-dealkylation sites (N-methyl/N-ethyl adjacent to an activating group) is 1. The number of phenolic OH excluding ortho intramolecular Hbond substituents is 2. The quantitative estimate of drug-likeness (QED) is 0.503. The maximum atomic E-state index is 12.9. The summed E-state index contributed by atoms with van der Waals surface area (Å²) in [5, 5.41) is 36.8. The zero-order valence-electron chi connectivity index (χ0n) is 24.4. The third-order valence-electron chi connectivity index (χ3n) is 9.38. The fourth-order valence-electron chi connectivity index (χ4n) is 7.70. The average Bonchev–Trinajstić information content (AvgIpc) is 3.41. The number of nitrogens with zero attached hydrogens (tertiary/aromatic N) is 3. The molecule has 3 unspecified atom stereocenters. The molecule has 10 nitrogen and oxygen atoms in total. The highest BCUT2D eigenvalue weighted by molar-refractivity contribution is 5.76. The summed E-state index contributed by atoms with van der Waals surface area (Å²) in [5.74, 6) is 1.90. The van der Waals surface area contributed by atoms with Crippen molar-refractivity contribution in [2.45, 2.75) is 77.2 Å². The maximum absolute atomic E-state index is 12.9. The monoisotopic (exact) mass is 562 g/mol. The Balaban J connectivity index is 1.55. The molecule has 0 spiro atoms. The summed E-state index contributed by atoms with van der Waals surface area (Å²) in [4.78, 5) is 17.3. The van der Waals surface area contributed by atoms with Crippen molar-refractivity contribution in [2.75, 3.05) is 27.5 Å². The summed E-state index contributed by atoms with van der Waals surface area (Å²) in [6.07, 6.45) is 1.39. The van der Waals surface area contributed by atoms with E-state index in [1.807, 2.05) is 34.7 Å². The number of rotatable bonds is 5. The Morgan fingerprint density at radius 2 is 1.90 bits per heavy atom. The number of benzene rings is 2. The van der Waals surface area contributed by atoms with Gasteiger partial charge in [-0.15, -0.1) is 0 Å². The molecule has 2 bridgehead atoms. The average molecular weight is 563 g/mol. The van der Waals surface area contributed by atoms with Crippen LogP contribution in [0.1, 0.15) is 65.7 Å². The first kappa shape index (κ1) is 27.5. The summed E-state index contributed by atoms with van der Waals surface area (Å²) in [5.41, 5.74) is 4.74. The van der Waals surface area contributed by atoms with Crippen molar-refractivity contribution in [3.05, 3.63) is 39.4 Å². The molecule has 6 rings (SSSR count). The van der Waals surface area contributed by atoms with Gasteiger partial charge in [-0.1, -0.05) is 19.9 Å². The van der Waals surface area contributed by atoms with Crippen LogP contribution in [0.15, 0.2) is 6.07 Å². The second kappa shape index (κ2) is 10.00. The van der Waals surface area contributed by atoms with Crippen LogP contribution < -0.4 is 19.5 Å². The van der Waals surface area contributed by atoms with Gasteiger partial charge in [0.2, 0.25) is 12.7 Å². The molecule has 0 aliphatic carbocycles. The SMILES string of the molecule is COc1c(C)cc2c(c1O)C1[C@@H]3Cc4c(O)c(C)c5c(c4C(CNC(=O)CC(C)C)N3[C@@H](C#N)C(C2)N1C)OCO5. The Hall–Kier alpha value is -3.68. The van der Waals surface area contributed by atoms with Crippen LogP contribution in [0.25, 0.3) is 0 Å². The Kier molecular flexibility index (Phi) is 6.70. The molecule has 3 N–H and O–H groups in total. The number of nitriles is 1. The molecule has 1 fully saturated rings. The summed E-state index contributed by atoms with van der Waals surface area (Å²) in [6.45, 7) is 8.00. The highest BCUT2D eigenvalue weighted by Gasteiger charge is 2.56. The largest absolute Gasteiger partial charge is 0.507 e. The molecule has 4 aliphatic heterocycles. The Labute approximate surface area is 240 Å². The predicted molar refractivity (Wildman–Crippen MR) is 150 cm³/mol. The van der Waals surface area contributed by atoms with Crippen molar-refractivity contribution >= 4 is 5.91 Å². The number of phenols is 2. The highest BCUT2D eigenvalue weighted by Crippen LogP contribution is 2.58. The molecule has 2 aromatic rings. The van der Waals surface area contributed by atoms with Gasteiger partial charge in [0.25, 0.3) is 0 Å². The molecule has 1 saturated heterocycles. The van der Waals surface area contributed by atoms with Crippen molar-refractivity contribution in [3.63, 3.8) is 0 Å². The molecule has 41 heavy (non-hydrogen) atoms. The minimum absolute atomic E-state index is 0.0397. The minimum atomic E-state index is -0.513. The summed E-state index contributed by atoms with van der Waals surface area (Å²) >= 11 is 0. The highest BCUT2D eigenvalue weighted by atomic mass is 16.7. The van der Waals surface area contributed by atoms with Crippen LogP contribution in [0.3, 0.4) is 0 Å². The van der Waals surface area contributed by atoms with E-state index in [9.17, 15) is 20.3 Å². The number of fused-ring (bicyclic) bond motifs is 9. The summed E-state index contributed by atoms with van der Waals surface area (Å²) in [6, 6.07) is 2.96. The first-order valence-corrected chi connectivity index (χ1v) is 14.3. The van der Waals surface area contributed by atoms with Gasteiger partial charge in [0.1, 0.15) is 11.8 Å². The van der Waals surface area contributed by atoms with Crippen LogP contribution in [0.2, 0.25) is 0 Å². The normalized spacial score (nSPS) is 26.1. The number of hydrogen-bond donors (Lipinski definition) is 3. The molecule has 5 atom stereocenters. The van der Waals surface area contributed by atoms with Crippen molar-refractivity contribution < 1.29 is 29.2 Å². The second-order valence-electron chi connectivity index (χ2n) is 12.2. The molecule has 218 valence electrons. The molecule has 4 aliphatic rings. The number of nitrogens with one attached hydrogen (secondary N) is 1. The maximum Gasteiger partial charge on any atom is 0.231 e. The van der Waals surface area contributed by atoms with Crippen molar-refractivity contribution in [1.29, 1.82) is 5.26 Å². The van der Waals surface area contributed by atoms with Gasteiger partial charge in [-0.3, -0.25) is 14.6 Å². The van der Waals surface area contributed by atoms with Gasteiger partial charge in [-0.05, 0) is 50.8 Å². The van der Waals surface area contributed by atoms with Gasteiger partial charge in [0.05, 0.1) is 25.3 Å². The Morgan fingerprint density at radius 1 is 1.17 bits per heavy atom. The number of amides is 1. The lowest BCUT2D eigenvalue weighted by molar-refractivity contribution is -0.122. The predicted octanol–water partition coefficient (Wildman–Crippen LogP) is 3.39. The van der Waals surface area contributed by atoms with E-state index in [0.29, 0.717) is 42.1 Å². The Morgan fingerprint density at radius 3 is 2.59 bits per heavy atom. The summed E-state index contributed by atoms with van der Waals surface area (Å²) < 4.78 is 17.4. The van der Waals surface area contributed by atoms with Crippen LogP contribution in [0.4, 0.5) is 0 Å². The minimum Gasteiger partial charge on any atom is -0.507 e. The topological polar surface area (TPSA) is 128 Å². The molecule has 4 heterocycles. The van der Waals surface area contributed by atoms with Gasteiger partial charge >= 0.3 is 0 Å². The van der Waals surface area contributed by atoms with Crippen molar-refractivity contribution in [3.8, 4) is 34.8 Å². The van der Waals surface area contributed by atoms with E-state index in [4.69, 9.17) is 14.2 Å². The number of ether oxygens (including phenoxy) is 3. The number of piperazine rings is 1. The third kappa shape index (κ3) is 4.01. The lowest BCUT2D eigenvalue weighted by atomic mass is 9.71. The van der Waals surface area contributed by atoms with Crippen LogP contribution in [0, 0.1) is 31.1 Å². The first-order chi connectivity index (χ1) is 19.6. The standard InChI is InChI=1S/C31H38N4O6/c1-14(2)7-23(36)33-12-22-25-18(27(37)16(4)30-31(25)41-13-40-30)10-20-26-24-17(8-15(3)29(39-6)28(24)38)9-19(34(26)5)21(11-32)35(20)22/h8,14,19-22,26,37-38H,7,9-10,12-13H2,1-6H3,(H,33,36)/t19?,20-,21-,22?,26?/m0/s1. The third-order valence-corrected chi connectivity index (χ3v) is 9.38. The van der Waals surface area contributed by atoms with Gasteiger partial charge in [0.15, 0.2) is 23.0 Å². The lowest BCUT2D eigenvalue weighted by Crippen LogP contribution is -2.68. The van der Waals surface area contributed by atoms with Crippen LogP contribution in [-0.2, 0) is 17.6 Å². The fraction of sp³-hybridized carbons (Fsp3) is 0.548. The smallest absolute Gasteiger partial charge is 0.231 e. The van der Waals surface area contributed by atoms with E-state index < -0.39 is 12.1 Å². The lowest BCUT2D eigenvalue weighted by Gasteiger charge is -2.60. The van der Waals surface area contributed by atoms with Crippen LogP contribution in [-0.4, -0.2) is 71.5 Å². The van der Waals surface area contributed by atoms with E-state index in [1.54, 1.807) is 7.11 Å². The molecule has 0 saturated carbocycles. The second-order valence-corrected chi connectivity index (χ2v) is 12.2. The zero-order chi connectivity index (χ0) is 29.3. The van der Waals surface area contributed by atoms with Gasteiger partial charge in [0, 0.05) is 47.3 Å². The van der Waals surface area contributed by atoms with E-state index in [-0.39, 0.29) is 54.8 Å². The zero-order valence-corrected chi connectivity index (χ0v) is 24.4. The Bertz CT molecular complexity index is 1470. The van der Waals surface area contributed by atoms with E-state index >= 15 is 0 Å². The van der Waals surface area contributed by atoms with Crippen LogP contribution >= 0.6 is 0 Å². The summed E-state index contributed by atoms with van der Waals surface area (Å²) in [7, 11) is 3.56. The number of carbonyl (C=O) groups is 1. The van der Waals surface area contributed by atoms with Gasteiger partial charge < -0.3 is 29.7 Å². The number of aryl methyl sites for hydroxylation is 1. The van der Waals surface area contributed by atoms with Gasteiger partial charge in [-0.2, -0.15) is 5.26 Å².